The summed E-state index contributed by atoms with van der Waals surface area (Å²) in [5, 5.41) is 15.3. The molecule has 5 nitrogen and oxygen atoms in total. The van der Waals surface area contributed by atoms with Crippen molar-refractivity contribution in [2.75, 3.05) is 0 Å². The van der Waals surface area contributed by atoms with Gasteiger partial charge in [-0.15, -0.1) is 0 Å². The molecule has 0 bridgehead atoms. The van der Waals surface area contributed by atoms with Crippen molar-refractivity contribution >= 4 is 105 Å². The van der Waals surface area contributed by atoms with Crippen molar-refractivity contribution in [2.45, 2.75) is 84.5 Å². The van der Waals surface area contributed by atoms with Gasteiger partial charge < -0.3 is 22.9 Å². The molecule has 4 aliphatic rings. The van der Waals surface area contributed by atoms with E-state index in [2.05, 4.69) is 342 Å². The summed E-state index contributed by atoms with van der Waals surface area (Å²) in [5.41, 5.74) is 39.3. The van der Waals surface area contributed by atoms with E-state index in [1.165, 1.54) is 134 Å². The lowest BCUT2D eigenvalue weighted by atomic mass is 9.72. The highest BCUT2D eigenvalue weighted by Crippen LogP contribution is 2.62. The van der Waals surface area contributed by atoms with Crippen LogP contribution in [0, 0.1) is 0 Å². The van der Waals surface area contributed by atoms with Gasteiger partial charge in [-0.25, -0.2) is 0 Å². The smallest absolute Gasteiger partial charge is 0.537 e. The zero-order valence-corrected chi connectivity index (χ0v) is 65.4. The molecule has 4 aliphatic carbocycles. The lowest BCUT2D eigenvalue weighted by Gasteiger charge is -2.31. The van der Waals surface area contributed by atoms with Crippen molar-refractivity contribution in [1.29, 1.82) is 0 Å². The molecule has 3 heterocycles. The van der Waals surface area contributed by atoms with Gasteiger partial charge >= 0.3 is 7.69 Å². The van der Waals surface area contributed by atoms with Gasteiger partial charge in [0.05, 0.1) is 0 Å². The molecule has 1 N–H and O–H groups in total. The Labute approximate surface area is 664 Å². The van der Waals surface area contributed by atoms with Gasteiger partial charge in [-0.05, 0) is 260 Å². The zero-order valence-electron chi connectivity index (χ0n) is 62.2. The first-order chi connectivity index (χ1) is 53.3. The third-order valence-corrected chi connectivity index (χ3v) is 25.3. The normalized spacial score (nSPS) is 14.3. The zero-order chi connectivity index (χ0) is 74.9. The summed E-state index contributed by atoms with van der Waals surface area (Å²) >= 11 is 7.34. The van der Waals surface area contributed by atoms with E-state index in [-0.39, 0.29) is 29.1 Å². The molecule has 0 amide bonds. The fraction of sp³-hybridized carbons (Fsp3) is 0.126. The van der Waals surface area contributed by atoms with Crippen LogP contribution in [0.1, 0.15) is 107 Å². The number of hydrogen-bond acceptors (Lipinski definition) is 5. The molecular formula is C103H78BBr2O5. The Bertz CT molecular complexity index is 6540. The molecule has 8 heteroatoms. The molecule has 0 unspecified atom stereocenters. The lowest BCUT2D eigenvalue weighted by molar-refractivity contribution is 0.454. The average Bonchev–Trinajstić information content (AvgIpc) is 1.53. The molecule has 0 spiro atoms. The quantitative estimate of drug-likeness (QED) is 0.161. The lowest BCUT2D eigenvalue weighted by Crippen LogP contribution is -2.24. The first-order valence-electron chi connectivity index (χ1n) is 37.7. The highest BCUT2D eigenvalue weighted by atomic mass is 79.9. The molecule has 15 aromatic carbocycles. The third kappa shape index (κ3) is 11.1. The standard InChI is InChI=1S/C60H42O2.C24H20Br2.C18H12BO3.CH4/c1-59(2)51-33-41(39-19-27-55-49(31-39)47-29-37(17-25-53(47)61-55)35-11-7-5-8-12-35)15-21-43(51)45-23-24-46-44-22-16-42(34-52(44)60(3,4)58(46)57(45)59)40-20-28-56-50(32-40)48-30-38(18-26-54(48)62-56)36-13-9-6-10-14-36;1-23(2)19-11-13(25)5-7-15(19)17-9-10-18-16-8-6-14(26)12-20(16)24(3,4)22(18)21(17)23;20-19-22-14-7-9-18-16(11-14)15-10-13(6-8-17(15)21-18)12-4-2-1-3-5-12;/h5-34H,1-4H3;5-12H,1-4H3;1-11,20H;1H4. The van der Waals surface area contributed by atoms with Crippen LogP contribution in [-0.4, -0.2) is 12.7 Å². The van der Waals surface area contributed by atoms with Crippen LogP contribution in [0.15, 0.2) is 319 Å². The summed E-state index contributed by atoms with van der Waals surface area (Å²) in [6.07, 6.45) is 0. The number of hydrogen-bond donors (Lipinski definition) is 1. The predicted molar refractivity (Wildman–Crippen MR) is 469 cm³/mol. The van der Waals surface area contributed by atoms with Crippen LogP contribution >= 0.6 is 31.9 Å². The van der Waals surface area contributed by atoms with Crippen LogP contribution < -0.4 is 4.65 Å². The maximum Gasteiger partial charge on any atom is 0.569 e. The van der Waals surface area contributed by atoms with Crippen LogP contribution in [0.5, 0.6) is 5.75 Å². The van der Waals surface area contributed by atoms with Gasteiger partial charge in [0.25, 0.3) is 0 Å². The molecule has 0 saturated heterocycles. The van der Waals surface area contributed by atoms with Crippen LogP contribution in [-0.2, 0) is 21.7 Å². The Balaban J connectivity index is 0.000000138. The largest absolute Gasteiger partial charge is 0.569 e. The first-order valence-corrected chi connectivity index (χ1v) is 39.3. The molecule has 0 saturated carbocycles. The van der Waals surface area contributed by atoms with Gasteiger partial charge in [0.15, 0.2) is 0 Å². The van der Waals surface area contributed by atoms with E-state index >= 15 is 0 Å². The maximum absolute atomic E-state index is 8.78. The van der Waals surface area contributed by atoms with Gasteiger partial charge in [-0.2, -0.15) is 0 Å². The van der Waals surface area contributed by atoms with E-state index < -0.39 is 0 Å². The second kappa shape index (κ2) is 26.1. The van der Waals surface area contributed by atoms with E-state index in [1.54, 1.807) is 6.07 Å². The Hall–Kier alpha value is -11.5. The second-order valence-corrected chi connectivity index (χ2v) is 33.9. The van der Waals surface area contributed by atoms with Gasteiger partial charge in [-0.3, -0.25) is 0 Å². The number of fused-ring (bicyclic) bond motifs is 23. The summed E-state index contributed by atoms with van der Waals surface area (Å²) in [6, 6.07) is 107. The summed E-state index contributed by atoms with van der Waals surface area (Å²) in [5.74, 6) is 0.572. The van der Waals surface area contributed by atoms with Crippen LogP contribution in [0.3, 0.4) is 0 Å². The fourth-order valence-electron chi connectivity index (χ4n) is 19.0. The second-order valence-electron chi connectivity index (χ2n) is 32.1. The highest BCUT2D eigenvalue weighted by molar-refractivity contribution is 9.10. The molecular weight excluding hydrogens is 1490 g/mol. The van der Waals surface area contributed by atoms with Gasteiger partial charge in [-0.1, -0.05) is 277 Å². The topological polar surface area (TPSA) is 68.9 Å². The number of benzene rings is 15. The van der Waals surface area contributed by atoms with Gasteiger partial charge in [0.2, 0.25) is 0 Å². The summed E-state index contributed by atoms with van der Waals surface area (Å²) < 4.78 is 25.9. The van der Waals surface area contributed by atoms with E-state index in [1.807, 2.05) is 36.4 Å². The Morgan fingerprint density at radius 3 is 0.784 bits per heavy atom. The molecule has 22 rings (SSSR count). The molecule has 537 valence electrons. The summed E-state index contributed by atoms with van der Waals surface area (Å²) in [4.78, 5) is 0. The first kappa shape index (κ1) is 69.9. The van der Waals surface area contributed by atoms with Crippen molar-refractivity contribution in [3.05, 3.63) is 351 Å². The molecule has 0 atom stereocenters. The Morgan fingerprint density at radius 1 is 0.252 bits per heavy atom. The van der Waals surface area contributed by atoms with Crippen LogP contribution in [0.4, 0.5) is 0 Å². The fourth-order valence-corrected chi connectivity index (χ4v) is 19.7. The molecule has 111 heavy (non-hydrogen) atoms. The Kier molecular flexibility index (Phi) is 16.4. The molecule has 1 radical (unpaired) electrons. The van der Waals surface area contributed by atoms with Crippen molar-refractivity contribution in [3.63, 3.8) is 0 Å². The number of furan rings is 3. The minimum atomic E-state index is -0.197. The molecule has 3 aromatic heterocycles. The highest BCUT2D eigenvalue weighted by Gasteiger charge is 2.48. The van der Waals surface area contributed by atoms with E-state index in [0.29, 0.717) is 13.4 Å². The monoisotopic (exact) mass is 1560 g/mol. The number of halogens is 2. The summed E-state index contributed by atoms with van der Waals surface area (Å²) in [6.45, 7) is 19.2. The molecule has 0 aliphatic heterocycles. The SMILES string of the molecule is C.CC1(C)c2cc(-c3ccc4oc5ccc(-c6ccccc6)cc5c4c3)ccc2-c2ccc3c(c21)C(C)(C)c1cc(-c2ccc4oc5ccc(-c6ccccc6)cc5c4c2)ccc1-3.CC1(C)c2cc(Br)ccc2-c2ccc3c(c21)C(C)(C)c1cc(Br)ccc1-3.O[B]Oc1ccc2oc3ccc(-c4ccccc4)cc3c2c1. The number of rotatable bonds is 7. The minimum absolute atomic E-state index is 0. The van der Waals surface area contributed by atoms with Crippen molar-refractivity contribution in [1.82, 2.24) is 0 Å². The summed E-state index contributed by atoms with van der Waals surface area (Å²) in [7, 11) is 0.679. The van der Waals surface area contributed by atoms with Crippen LogP contribution in [0.2, 0.25) is 0 Å². The minimum Gasteiger partial charge on any atom is -0.537 e. The average molecular weight is 1570 g/mol. The van der Waals surface area contributed by atoms with Crippen molar-refractivity contribution in [2.24, 2.45) is 0 Å². The maximum atomic E-state index is 8.78. The van der Waals surface area contributed by atoms with Crippen LogP contribution in [0.25, 0.3) is 166 Å². The Morgan fingerprint density at radius 2 is 0.486 bits per heavy atom. The van der Waals surface area contributed by atoms with E-state index in [0.717, 1.165) is 85.9 Å². The third-order valence-electron chi connectivity index (χ3n) is 24.3. The van der Waals surface area contributed by atoms with Crippen molar-refractivity contribution in [3.8, 4) is 106 Å². The van der Waals surface area contributed by atoms with Gasteiger partial charge in [0.1, 0.15) is 39.2 Å². The molecule has 0 fully saturated rings. The van der Waals surface area contributed by atoms with Gasteiger partial charge in [0, 0.05) is 62.9 Å². The predicted octanol–water partition coefficient (Wildman–Crippen LogP) is 29.4. The van der Waals surface area contributed by atoms with Crippen molar-refractivity contribution < 1.29 is 22.9 Å². The van der Waals surface area contributed by atoms with E-state index in [4.69, 9.17) is 22.9 Å². The van der Waals surface area contributed by atoms with E-state index in [9.17, 15) is 0 Å². The molecule has 18 aromatic rings.